The van der Waals surface area contributed by atoms with E-state index >= 15 is 0 Å². The van der Waals surface area contributed by atoms with Gasteiger partial charge in [-0.25, -0.2) is 0 Å². The standard InChI is InChI=1S/2C5H4O2S.Cu.2H2O/c2*6-5(7)4-2-1-3-8-4;;;/h2*1-3H,(H,6,7);;2*1H2/q;;+2;;/p-2. The second kappa shape index (κ2) is 11.8. The maximum Gasteiger partial charge on any atom is 2.00 e. The Kier molecular flexibility index (Phi) is 14.3. The predicted molar refractivity (Wildman–Crippen MR) is 64.5 cm³/mol. The molecule has 0 atom stereocenters. The summed E-state index contributed by atoms with van der Waals surface area (Å²) >= 11 is 2.34. The molecule has 0 fully saturated rings. The Balaban J connectivity index is -0.000000233. The summed E-state index contributed by atoms with van der Waals surface area (Å²) in [6.07, 6.45) is 0. The maximum absolute atomic E-state index is 9.96. The van der Waals surface area contributed by atoms with E-state index in [4.69, 9.17) is 0 Å². The molecule has 0 amide bonds. The Labute approximate surface area is 127 Å². The molecule has 0 aromatic carbocycles. The number of carboxylic acid groups (broad SMARTS) is 2. The Morgan fingerprint density at radius 3 is 1.26 bits per heavy atom. The molecule has 0 aliphatic carbocycles. The summed E-state index contributed by atoms with van der Waals surface area (Å²) in [6.45, 7) is 0. The molecule has 1 radical (unpaired) electrons. The number of carbonyl (C=O) groups is 2. The summed E-state index contributed by atoms with van der Waals surface area (Å²) < 4.78 is 0. The molecule has 19 heavy (non-hydrogen) atoms. The average Bonchev–Trinajstić information content (AvgIpc) is 2.93. The molecule has 2 heterocycles. The van der Waals surface area contributed by atoms with Gasteiger partial charge >= 0.3 is 17.1 Å². The van der Waals surface area contributed by atoms with E-state index in [1.807, 2.05) is 0 Å². The van der Waals surface area contributed by atoms with E-state index in [2.05, 4.69) is 0 Å². The second-order valence-corrected chi connectivity index (χ2v) is 4.42. The van der Waals surface area contributed by atoms with Gasteiger partial charge in [-0.3, -0.25) is 0 Å². The molecule has 0 aliphatic heterocycles. The minimum Gasteiger partial charge on any atom is -0.544 e. The SMILES string of the molecule is O.O.O=C([O-])c1cccs1.O=C([O-])c1cccs1.[Cu+2]. The number of aromatic carboxylic acids is 2. The van der Waals surface area contributed by atoms with Gasteiger partial charge in [-0.1, -0.05) is 12.1 Å². The summed E-state index contributed by atoms with van der Waals surface area (Å²) in [6, 6.07) is 6.38. The first-order valence-electron chi connectivity index (χ1n) is 4.11. The Hall–Kier alpha value is -1.22. The summed E-state index contributed by atoms with van der Waals surface area (Å²) in [5, 5.41) is 23.3. The molecule has 2 rings (SSSR count). The molecular weight excluding hydrogens is 344 g/mol. The van der Waals surface area contributed by atoms with Crippen LogP contribution in [0, 0.1) is 0 Å². The zero-order valence-electron chi connectivity index (χ0n) is 9.22. The van der Waals surface area contributed by atoms with Crippen molar-refractivity contribution in [3.63, 3.8) is 0 Å². The van der Waals surface area contributed by atoms with Crippen LogP contribution in [-0.4, -0.2) is 22.9 Å². The zero-order valence-corrected chi connectivity index (χ0v) is 11.8. The van der Waals surface area contributed by atoms with Crippen molar-refractivity contribution >= 4 is 34.6 Å². The van der Waals surface area contributed by atoms with Gasteiger partial charge in [0.15, 0.2) is 0 Å². The largest absolute Gasteiger partial charge is 2.00 e. The van der Waals surface area contributed by atoms with Crippen LogP contribution in [0.5, 0.6) is 0 Å². The van der Waals surface area contributed by atoms with Crippen LogP contribution in [0.15, 0.2) is 35.0 Å². The van der Waals surface area contributed by atoms with E-state index in [1.54, 1.807) is 22.9 Å². The van der Waals surface area contributed by atoms with Gasteiger partial charge in [0.05, 0.1) is 11.9 Å². The molecule has 109 valence electrons. The third-order valence-corrected chi connectivity index (χ3v) is 3.14. The third-order valence-electron chi connectivity index (χ3n) is 1.44. The van der Waals surface area contributed by atoms with Crippen LogP contribution in [0.25, 0.3) is 0 Å². The molecule has 4 N–H and O–H groups in total. The summed E-state index contributed by atoms with van der Waals surface area (Å²) in [5.74, 6) is -2.19. The quantitative estimate of drug-likeness (QED) is 0.609. The third kappa shape index (κ3) is 8.49. The van der Waals surface area contributed by atoms with Gasteiger partial charge in [-0.2, -0.15) is 0 Å². The van der Waals surface area contributed by atoms with Crippen LogP contribution in [0.3, 0.4) is 0 Å². The van der Waals surface area contributed by atoms with Crippen LogP contribution in [0.1, 0.15) is 19.3 Å². The predicted octanol–water partition coefficient (Wildman–Crippen LogP) is -1.43. The Morgan fingerprint density at radius 2 is 1.16 bits per heavy atom. The summed E-state index contributed by atoms with van der Waals surface area (Å²) in [5.41, 5.74) is 0. The van der Waals surface area contributed by atoms with Gasteiger partial charge < -0.3 is 30.8 Å². The number of hydrogen-bond acceptors (Lipinski definition) is 6. The number of rotatable bonds is 2. The van der Waals surface area contributed by atoms with Crippen molar-refractivity contribution in [2.75, 3.05) is 0 Å². The van der Waals surface area contributed by atoms with Gasteiger partial charge in [0, 0.05) is 9.75 Å². The van der Waals surface area contributed by atoms with Crippen molar-refractivity contribution in [1.29, 1.82) is 0 Å². The zero-order chi connectivity index (χ0) is 12.0. The molecule has 6 nitrogen and oxygen atoms in total. The van der Waals surface area contributed by atoms with Crippen LogP contribution in [-0.2, 0) is 17.1 Å². The molecule has 0 bridgehead atoms. The monoisotopic (exact) mass is 353 g/mol. The van der Waals surface area contributed by atoms with Gasteiger partial charge in [0.25, 0.3) is 0 Å². The molecule has 9 heteroatoms. The average molecular weight is 354 g/mol. The van der Waals surface area contributed by atoms with Crippen molar-refractivity contribution in [1.82, 2.24) is 0 Å². The van der Waals surface area contributed by atoms with Crippen LogP contribution >= 0.6 is 22.7 Å². The van der Waals surface area contributed by atoms with Crippen molar-refractivity contribution in [3.05, 3.63) is 44.8 Å². The molecule has 0 saturated carbocycles. The van der Waals surface area contributed by atoms with E-state index in [9.17, 15) is 19.8 Å². The fraction of sp³-hybridized carbons (Fsp3) is 0. The number of thiophene rings is 2. The number of carboxylic acids is 2. The minimum absolute atomic E-state index is 0. The molecule has 0 unspecified atom stereocenters. The number of carbonyl (C=O) groups excluding carboxylic acids is 2. The van der Waals surface area contributed by atoms with E-state index < -0.39 is 11.9 Å². The minimum atomic E-state index is -1.10. The number of hydrogen-bond donors (Lipinski definition) is 0. The van der Waals surface area contributed by atoms with Crippen molar-refractivity contribution in [3.8, 4) is 0 Å². The van der Waals surface area contributed by atoms with E-state index in [0.717, 1.165) is 0 Å². The van der Waals surface area contributed by atoms with Gasteiger partial charge in [0.2, 0.25) is 0 Å². The van der Waals surface area contributed by atoms with Crippen molar-refractivity contribution in [2.24, 2.45) is 0 Å². The Morgan fingerprint density at radius 1 is 0.842 bits per heavy atom. The first-order valence-corrected chi connectivity index (χ1v) is 5.87. The van der Waals surface area contributed by atoms with Gasteiger partial charge in [-0.15, -0.1) is 22.7 Å². The van der Waals surface area contributed by atoms with E-state index in [0.29, 0.717) is 0 Å². The first kappa shape index (κ1) is 22.9. The normalized spacial score (nSPS) is 7.58. The second-order valence-electron chi connectivity index (χ2n) is 2.53. The van der Waals surface area contributed by atoms with Gasteiger partial charge in [-0.05, 0) is 22.9 Å². The van der Waals surface area contributed by atoms with Crippen LogP contribution in [0.4, 0.5) is 0 Å². The molecule has 0 spiro atoms. The van der Waals surface area contributed by atoms with Crippen molar-refractivity contribution < 1.29 is 47.8 Å². The van der Waals surface area contributed by atoms with E-state index in [1.165, 1.54) is 34.8 Å². The van der Waals surface area contributed by atoms with Gasteiger partial charge in [0.1, 0.15) is 0 Å². The molecule has 2 aromatic heterocycles. The van der Waals surface area contributed by atoms with Crippen molar-refractivity contribution in [2.45, 2.75) is 0 Å². The summed E-state index contributed by atoms with van der Waals surface area (Å²) in [7, 11) is 0. The molecule has 0 saturated heterocycles. The molecule has 0 aliphatic rings. The first-order chi connectivity index (χ1) is 7.61. The fourth-order valence-corrected chi connectivity index (χ4v) is 1.90. The molecular formula is C10H10CuO6S2. The van der Waals surface area contributed by atoms with Crippen LogP contribution < -0.4 is 10.2 Å². The van der Waals surface area contributed by atoms with Crippen LogP contribution in [0.2, 0.25) is 0 Å². The molecule has 2 aromatic rings. The Bertz CT molecular complexity index is 410. The maximum atomic E-state index is 9.96. The smallest absolute Gasteiger partial charge is 0.544 e. The topological polar surface area (TPSA) is 143 Å². The fourth-order valence-electron chi connectivity index (χ4n) is 0.789. The van der Waals surface area contributed by atoms with E-state index in [-0.39, 0.29) is 37.8 Å². The summed E-state index contributed by atoms with van der Waals surface area (Å²) in [4.78, 5) is 20.5.